The number of esters is 2. The van der Waals surface area contributed by atoms with Crippen LogP contribution in [0.4, 0.5) is 0 Å². The smallest absolute Gasteiger partial charge is 0.336 e. The monoisotopic (exact) mass is 728 g/mol. The van der Waals surface area contributed by atoms with Crippen molar-refractivity contribution in [2.45, 2.75) is 57.3 Å². The maximum absolute atomic E-state index is 14.3. The van der Waals surface area contributed by atoms with Gasteiger partial charge in [0.1, 0.15) is 12.7 Å². The van der Waals surface area contributed by atoms with Gasteiger partial charge in [-0.2, -0.15) is 5.26 Å². The lowest BCUT2D eigenvalue weighted by molar-refractivity contribution is -0.145. The van der Waals surface area contributed by atoms with Crippen molar-refractivity contribution in [1.29, 1.82) is 5.26 Å². The first-order valence-electron chi connectivity index (χ1n) is 17.4. The number of nitriles is 1. The standard InChI is InChI=1S/C41H45ClN2O8/c1-28-36(39(45)49-20-11-19-43)37(31-16-10-17-32(42)24-31)38(35(44-28)27-48-23-22-47-25-33-26-51-41(2,3)52-33)40(46)50-21-18-34(29-12-6-4-7-13-29)30-14-8-5-9-15-30/h4-10,12-17,24,33-34,37,44H,11,18,20-23,25-27H2,1-3H3. The lowest BCUT2D eigenvalue weighted by Gasteiger charge is -2.32. The fourth-order valence-corrected chi connectivity index (χ4v) is 6.60. The number of hydrogen-bond acceptors (Lipinski definition) is 10. The van der Waals surface area contributed by atoms with Gasteiger partial charge in [-0.15, -0.1) is 0 Å². The molecule has 2 unspecified atom stereocenters. The number of carbonyl (C=O) groups excluding carboxylic acids is 2. The summed E-state index contributed by atoms with van der Waals surface area (Å²) in [7, 11) is 0. The fourth-order valence-electron chi connectivity index (χ4n) is 6.40. The molecule has 274 valence electrons. The highest BCUT2D eigenvalue weighted by atomic mass is 35.5. The number of dihydropyridines is 1. The van der Waals surface area contributed by atoms with Crippen molar-refractivity contribution < 1.29 is 38.0 Å². The van der Waals surface area contributed by atoms with E-state index in [2.05, 4.69) is 29.6 Å². The number of benzene rings is 3. The number of rotatable bonds is 17. The molecule has 11 heteroatoms. The number of nitrogens with one attached hydrogen (secondary N) is 1. The van der Waals surface area contributed by atoms with Gasteiger partial charge in [0.2, 0.25) is 0 Å². The van der Waals surface area contributed by atoms with Crippen molar-refractivity contribution >= 4 is 23.5 Å². The molecule has 0 amide bonds. The first-order chi connectivity index (χ1) is 25.2. The van der Waals surface area contributed by atoms with Gasteiger partial charge in [0.25, 0.3) is 0 Å². The lowest BCUT2D eigenvalue weighted by atomic mass is 9.80. The Kier molecular flexibility index (Phi) is 14.0. The third-order valence-corrected chi connectivity index (χ3v) is 8.98. The van der Waals surface area contributed by atoms with Crippen LogP contribution in [0.25, 0.3) is 0 Å². The zero-order valence-corrected chi connectivity index (χ0v) is 30.5. The van der Waals surface area contributed by atoms with Crippen molar-refractivity contribution in [1.82, 2.24) is 5.32 Å². The predicted molar refractivity (Wildman–Crippen MR) is 195 cm³/mol. The fraction of sp³-hybridized carbons (Fsp3) is 0.390. The molecule has 0 bridgehead atoms. The zero-order valence-electron chi connectivity index (χ0n) is 29.8. The Morgan fingerprint density at radius 3 is 2.19 bits per heavy atom. The summed E-state index contributed by atoms with van der Waals surface area (Å²) < 4.78 is 34.7. The molecule has 0 saturated carbocycles. The van der Waals surface area contributed by atoms with E-state index in [1.165, 1.54) is 0 Å². The molecule has 5 rings (SSSR count). The average molecular weight is 729 g/mol. The van der Waals surface area contributed by atoms with Crippen LogP contribution in [0.1, 0.15) is 62.1 Å². The van der Waals surface area contributed by atoms with Crippen LogP contribution in [-0.4, -0.2) is 70.1 Å². The van der Waals surface area contributed by atoms with E-state index in [9.17, 15) is 9.59 Å². The molecule has 1 N–H and O–H groups in total. The first-order valence-corrected chi connectivity index (χ1v) is 17.8. The van der Waals surface area contributed by atoms with E-state index in [4.69, 9.17) is 45.3 Å². The third kappa shape index (κ3) is 10.5. The second-order valence-corrected chi connectivity index (χ2v) is 13.4. The molecule has 2 aliphatic heterocycles. The number of carbonyl (C=O) groups is 2. The van der Waals surface area contributed by atoms with Gasteiger partial charge in [-0.25, -0.2) is 9.59 Å². The van der Waals surface area contributed by atoms with Crippen LogP contribution in [-0.2, 0) is 38.0 Å². The van der Waals surface area contributed by atoms with E-state index in [-0.39, 0.29) is 62.6 Å². The second kappa shape index (κ2) is 18.8. The van der Waals surface area contributed by atoms with Crippen LogP contribution in [0.2, 0.25) is 5.02 Å². The maximum atomic E-state index is 14.3. The molecule has 2 atom stereocenters. The van der Waals surface area contributed by atoms with Crippen molar-refractivity contribution in [2.24, 2.45) is 0 Å². The van der Waals surface area contributed by atoms with Crippen LogP contribution in [0.5, 0.6) is 0 Å². The molecule has 3 aromatic rings. The molecule has 2 heterocycles. The van der Waals surface area contributed by atoms with Crippen LogP contribution >= 0.6 is 11.6 Å². The summed E-state index contributed by atoms with van der Waals surface area (Å²) in [5.41, 5.74) is 4.15. The minimum absolute atomic E-state index is 0.00564. The second-order valence-electron chi connectivity index (χ2n) is 13.0. The zero-order chi connectivity index (χ0) is 36.9. The molecule has 0 spiro atoms. The van der Waals surface area contributed by atoms with Crippen molar-refractivity contribution in [3.63, 3.8) is 0 Å². The van der Waals surface area contributed by atoms with E-state index in [1.807, 2.05) is 56.3 Å². The van der Waals surface area contributed by atoms with Crippen LogP contribution < -0.4 is 5.32 Å². The Bertz CT molecular complexity index is 1730. The Morgan fingerprint density at radius 1 is 0.904 bits per heavy atom. The normalized spacial score (nSPS) is 18.2. The summed E-state index contributed by atoms with van der Waals surface area (Å²) in [6.45, 7) is 6.80. The number of ether oxygens (including phenoxy) is 6. The molecule has 3 aromatic carbocycles. The van der Waals surface area contributed by atoms with E-state index in [0.29, 0.717) is 41.6 Å². The Balaban J connectivity index is 1.38. The minimum Gasteiger partial charge on any atom is -0.462 e. The molecule has 10 nitrogen and oxygen atoms in total. The Morgan fingerprint density at radius 2 is 1.56 bits per heavy atom. The highest BCUT2D eigenvalue weighted by molar-refractivity contribution is 6.30. The highest BCUT2D eigenvalue weighted by Gasteiger charge is 2.39. The van der Waals surface area contributed by atoms with Gasteiger partial charge >= 0.3 is 11.9 Å². The lowest BCUT2D eigenvalue weighted by Crippen LogP contribution is -2.35. The number of nitrogens with zero attached hydrogens (tertiary/aromatic N) is 1. The van der Waals surface area contributed by atoms with Crippen LogP contribution in [0, 0.1) is 11.3 Å². The van der Waals surface area contributed by atoms with Gasteiger partial charge in [0.15, 0.2) is 5.79 Å². The van der Waals surface area contributed by atoms with Gasteiger partial charge in [-0.05, 0) is 56.0 Å². The molecule has 0 radical (unpaired) electrons. The number of hydrogen-bond donors (Lipinski definition) is 1. The molecule has 2 aliphatic rings. The van der Waals surface area contributed by atoms with Gasteiger partial charge < -0.3 is 33.7 Å². The van der Waals surface area contributed by atoms with E-state index in [0.717, 1.165) is 11.1 Å². The van der Waals surface area contributed by atoms with Crippen molar-refractivity contribution in [2.75, 3.05) is 46.2 Å². The molecular weight excluding hydrogens is 684 g/mol. The molecule has 1 fully saturated rings. The quantitative estimate of drug-likeness (QED) is 0.115. The summed E-state index contributed by atoms with van der Waals surface area (Å²) in [4.78, 5) is 27.9. The van der Waals surface area contributed by atoms with E-state index in [1.54, 1.807) is 31.2 Å². The summed E-state index contributed by atoms with van der Waals surface area (Å²) >= 11 is 6.45. The molecule has 1 saturated heterocycles. The van der Waals surface area contributed by atoms with Crippen LogP contribution in [0.15, 0.2) is 107 Å². The summed E-state index contributed by atoms with van der Waals surface area (Å²) in [6, 6.07) is 29.1. The summed E-state index contributed by atoms with van der Waals surface area (Å²) in [6.07, 6.45) is 0.386. The Labute approximate surface area is 310 Å². The number of halogens is 1. The van der Waals surface area contributed by atoms with Gasteiger partial charge in [0.05, 0.1) is 74.9 Å². The SMILES string of the molecule is CC1=C(C(=O)OCCC#N)C(c2cccc(Cl)c2)C(C(=O)OCCC(c2ccccc2)c2ccccc2)=C(COCCOCC2COC(C)(C)O2)N1. The largest absolute Gasteiger partial charge is 0.462 e. The van der Waals surface area contributed by atoms with E-state index >= 15 is 0 Å². The van der Waals surface area contributed by atoms with Crippen molar-refractivity contribution in [3.8, 4) is 6.07 Å². The maximum Gasteiger partial charge on any atom is 0.336 e. The topological polar surface area (TPSA) is 125 Å². The number of allylic oxidation sites excluding steroid dienone is 1. The van der Waals surface area contributed by atoms with E-state index < -0.39 is 23.6 Å². The third-order valence-electron chi connectivity index (χ3n) is 8.75. The Hall–Kier alpha value is -4.50. The van der Waals surface area contributed by atoms with Gasteiger partial charge in [-0.3, -0.25) is 0 Å². The summed E-state index contributed by atoms with van der Waals surface area (Å²) in [5.74, 6) is -2.80. The van der Waals surface area contributed by atoms with Gasteiger partial charge in [0, 0.05) is 16.6 Å². The summed E-state index contributed by atoms with van der Waals surface area (Å²) in [5, 5.41) is 12.7. The van der Waals surface area contributed by atoms with Gasteiger partial charge in [-0.1, -0.05) is 84.4 Å². The minimum atomic E-state index is -0.890. The molecule has 0 aliphatic carbocycles. The molecular formula is C41H45ClN2O8. The highest BCUT2D eigenvalue weighted by Crippen LogP contribution is 2.40. The average Bonchev–Trinajstić information content (AvgIpc) is 3.49. The van der Waals surface area contributed by atoms with Crippen molar-refractivity contribution in [3.05, 3.63) is 129 Å². The first kappa shape index (κ1) is 38.7. The molecule has 0 aromatic heterocycles. The predicted octanol–water partition coefficient (Wildman–Crippen LogP) is 6.96. The van der Waals surface area contributed by atoms with Crippen LogP contribution in [0.3, 0.4) is 0 Å². The molecule has 52 heavy (non-hydrogen) atoms.